The number of likely N-dealkylation sites (tertiary alicyclic amines) is 1. The van der Waals surface area contributed by atoms with E-state index in [1.165, 1.54) is 0 Å². The minimum absolute atomic E-state index is 0.0511. The van der Waals surface area contributed by atoms with Gasteiger partial charge in [0.25, 0.3) is 0 Å². The van der Waals surface area contributed by atoms with Crippen LogP contribution in [0.5, 0.6) is 23.1 Å². The Morgan fingerprint density at radius 2 is 1.86 bits per heavy atom. The number of carbonyl (C=O) groups excluding carboxylic acids is 1. The van der Waals surface area contributed by atoms with E-state index >= 15 is 0 Å². The molecule has 11 heteroatoms. The van der Waals surface area contributed by atoms with Crippen LogP contribution in [0.4, 0.5) is 5.69 Å². The van der Waals surface area contributed by atoms with Gasteiger partial charge in [-0.15, -0.1) is 0 Å². The van der Waals surface area contributed by atoms with E-state index < -0.39 is 23.8 Å². The quantitative estimate of drug-likeness (QED) is 0.163. The van der Waals surface area contributed by atoms with Gasteiger partial charge < -0.3 is 38.4 Å². The molecule has 3 atom stereocenters. The number of hydrogen-bond donors (Lipinski definition) is 2. The number of aryl methyl sites for hydroxylation is 1. The second kappa shape index (κ2) is 14.6. The van der Waals surface area contributed by atoms with Gasteiger partial charge in [-0.1, -0.05) is 43.7 Å². The molecule has 0 radical (unpaired) electrons. The number of quaternary nitrogens is 1. The SMILES string of the molecule is CCCCN(C(=O)CN1C[C@H](c2cc(OC)c3c(c2)OCO3)[C@@H](C(=O)O)[C@@H]1CCn1cc2ccccc2c1O)c1cccc(C[N+](C)(C)C)c1. The summed E-state index contributed by atoms with van der Waals surface area (Å²) in [5.41, 5.74) is 2.75. The standard InChI is InChI=1S/C39H48N4O7/c1-6-7-16-42(29-13-10-11-26(18-29)24-43(2,3)4)35(44)23-41-22-31(28-19-33(48-5)37-34(20-28)49-25-50-37)36(39(46)47)32(41)15-17-40-21-27-12-8-9-14-30(27)38(40)45/h8-14,18-21,31-32,36H,6-7,15-17,22-25H2,1-5H3,(H-,45,46,47)/p+1/t31-,32+,36-/m1/s1. The van der Waals surface area contributed by atoms with Gasteiger partial charge in [0, 0.05) is 59.8 Å². The fraction of sp³-hybridized carbons (Fsp3) is 0.436. The van der Waals surface area contributed by atoms with Crippen molar-refractivity contribution in [2.45, 2.75) is 51.2 Å². The predicted octanol–water partition coefficient (Wildman–Crippen LogP) is 5.68. The summed E-state index contributed by atoms with van der Waals surface area (Å²) in [6, 6.07) is 18.9. The van der Waals surface area contributed by atoms with Gasteiger partial charge in [-0.25, -0.2) is 0 Å². The van der Waals surface area contributed by atoms with E-state index in [2.05, 4.69) is 40.2 Å². The number of rotatable bonds is 14. The fourth-order valence-electron chi connectivity index (χ4n) is 7.54. The second-order valence-corrected chi connectivity index (χ2v) is 14.5. The summed E-state index contributed by atoms with van der Waals surface area (Å²) in [7, 11) is 7.97. The van der Waals surface area contributed by atoms with Crippen LogP contribution in [0.3, 0.4) is 0 Å². The van der Waals surface area contributed by atoms with Crippen LogP contribution in [0.25, 0.3) is 10.8 Å². The number of fused-ring (bicyclic) bond motifs is 2. The lowest BCUT2D eigenvalue weighted by atomic mass is 9.84. The molecule has 266 valence electrons. The number of methoxy groups -OCH3 is 1. The molecule has 6 rings (SSSR count). The van der Waals surface area contributed by atoms with Crippen molar-refractivity contribution in [2.75, 3.05) is 59.6 Å². The van der Waals surface area contributed by atoms with Crippen LogP contribution < -0.4 is 19.1 Å². The van der Waals surface area contributed by atoms with Crippen molar-refractivity contribution in [1.29, 1.82) is 0 Å². The molecule has 2 aliphatic heterocycles. The first kappa shape index (κ1) is 35.1. The normalized spacial score (nSPS) is 18.9. The molecule has 1 aromatic heterocycles. The number of amides is 1. The average molecular weight is 686 g/mol. The average Bonchev–Trinajstić information content (AvgIpc) is 3.78. The van der Waals surface area contributed by atoms with Gasteiger partial charge in [0.2, 0.25) is 18.4 Å². The van der Waals surface area contributed by atoms with Crippen LogP contribution in [0.15, 0.2) is 66.9 Å². The molecule has 0 spiro atoms. The Balaban J connectivity index is 1.34. The molecule has 0 unspecified atom stereocenters. The number of benzene rings is 3. The van der Waals surface area contributed by atoms with Gasteiger partial charge in [-0.3, -0.25) is 14.5 Å². The maximum Gasteiger partial charge on any atom is 0.308 e. The van der Waals surface area contributed by atoms with E-state index in [1.54, 1.807) is 11.7 Å². The third-order valence-electron chi connectivity index (χ3n) is 9.83. The molecule has 1 saturated heterocycles. The van der Waals surface area contributed by atoms with Crippen LogP contribution in [0.1, 0.15) is 43.2 Å². The van der Waals surface area contributed by atoms with Crippen molar-refractivity contribution in [3.05, 3.63) is 78.0 Å². The Kier molecular flexibility index (Phi) is 10.3. The number of carboxylic acid groups (broad SMARTS) is 1. The zero-order valence-electron chi connectivity index (χ0n) is 29.7. The number of ether oxygens (including phenoxy) is 3. The molecule has 3 aromatic carbocycles. The molecule has 2 N–H and O–H groups in total. The van der Waals surface area contributed by atoms with Crippen LogP contribution in [0.2, 0.25) is 0 Å². The van der Waals surface area contributed by atoms with Crippen LogP contribution in [0, 0.1) is 5.92 Å². The summed E-state index contributed by atoms with van der Waals surface area (Å²) in [4.78, 5) is 31.5. The molecule has 2 aliphatic rings. The molecule has 0 aliphatic carbocycles. The zero-order valence-corrected chi connectivity index (χ0v) is 29.7. The molecular formula is C39H49N4O7+. The van der Waals surface area contributed by atoms with Gasteiger partial charge in [-0.2, -0.15) is 0 Å². The third kappa shape index (κ3) is 7.39. The van der Waals surface area contributed by atoms with Gasteiger partial charge in [-0.05, 0) is 48.7 Å². The van der Waals surface area contributed by atoms with Crippen molar-refractivity contribution in [1.82, 2.24) is 9.47 Å². The summed E-state index contributed by atoms with van der Waals surface area (Å²) in [6.07, 6.45) is 4.07. The van der Waals surface area contributed by atoms with Crippen LogP contribution in [-0.2, 0) is 22.7 Å². The number of aromatic hydroxyl groups is 1. The van der Waals surface area contributed by atoms with Crippen molar-refractivity contribution in [3.8, 4) is 23.1 Å². The Morgan fingerprint density at radius 1 is 1.06 bits per heavy atom. The lowest BCUT2D eigenvalue weighted by molar-refractivity contribution is -0.884. The van der Waals surface area contributed by atoms with Crippen molar-refractivity contribution >= 4 is 28.3 Å². The highest BCUT2D eigenvalue weighted by Gasteiger charge is 2.47. The maximum absolute atomic E-state index is 14.4. The topological polar surface area (TPSA) is 114 Å². The summed E-state index contributed by atoms with van der Waals surface area (Å²) in [6.45, 7) is 4.33. The highest BCUT2D eigenvalue weighted by molar-refractivity contribution is 5.95. The summed E-state index contributed by atoms with van der Waals surface area (Å²) in [5, 5.41) is 23.5. The van der Waals surface area contributed by atoms with Crippen molar-refractivity contribution in [2.24, 2.45) is 5.92 Å². The Hall–Kier alpha value is -4.74. The molecule has 1 fully saturated rings. The number of carboxylic acids is 1. The van der Waals surface area contributed by atoms with E-state index in [-0.39, 0.29) is 25.1 Å². The smallest absolute Gasteiger partial charge is 0.308 e. The number of anilines is 1. The van der Waals surface area contributed by atoms with E-state index in [0.29, 0.717) is 43.3 Å². The van der Waals surface area contributed by atoms with E-state index in [9.17, 15) is 19.8 Å². The van der Waals surface area contributed by atoms with E-state index in [1.807, 2.05) is 64.5 Å². The Labute approximate surface area is 293 Å². The van der Waals surface area contributed by atoms with Gasteiger partial charge in [0.1, 0.15) is 6.54 Å². The summed E-state index contributed by atoms with van der Waals surface area (Å²) in [5.74, 6) is -0.673. The first-order valence-corrected chi connectivity index (χ1v) is 17.4. The number of aromatic nitrogens is 1. The zero-order chi connectivity index (χ0) is 35.6. The molecule has 0 bridgehead atoms. The van der Waals surface area contributed by atoms with Crippen LogP contribution >= 0.6 is 0 Å². The van der Waals surface area contributed by atoms with Gasteiger partial charge >= 0.3 is 5.97 Å². The lowest BCUT2D eigenvalue weighted by Crippen LogP contribution is -2.45. The molecular weight excluding hydrogens is 636 g/mol. The molecule has 3 heterocycles. The third-order valence-corrected chi connectivity index (χ3v) is 9.83. The number of carbonyl (C=O) groups is 2. The van der Waals surface area contributed by atoms with E-state index in [4.69, 9.17) is 14.2 Å². The van der Waals surface area contributed by atoms with Crippen molar-refractivity contribution in [3.63, 3.8) is 0 Å². The minimum Gasteiger partial charge on any atom is -0.494 e. The van der Waals surface area contributed by atoms with Gasteiger partial charge in [0.05, 0.1) is 40.7 Å². The largest absolute Gasteiger partial charge is 0.494 e. The van der Waals surface area contributed by atoms with Crippen molar-refractivity contribution < 1.29 is 38.5 Å². The minimum atomic E-state index is -0.940. The summed E-state index contributed by atoms with van der Waals surface area (Å²) < 4.78 is 19.5. The predicted molar refractivity (Wildman–Crippen MR) is 192 cm³/mol. The monoisotopic (exact) mass is 685 g/mol. The Bertz CT molecular complexity index is 1850. The molecule has 0 saturated carbocycles. The van der Waals surface area contributed by atoms with Crippen LogP contribution in [-0.4, -0.2) is 96.8 Å². The molecule has 1 amide bonds. The fourth-order valence-corrected chi connectivity index (χ4v) is 7.54. The first-order valence-electron chi connectivity index (χ1n) is 17.4. The molecule has 50 heavy (non-hydrogen) atoms. The highest BCUT2D eigenvalue weighted by atomic mass is 16.7. The molecule has 4 aromatic rings. The number of aliphatic carboxylic acids is 1. The van der Waals surface area contributed by atoms with Gasteiger partial charge in [0.15, 0.2) is 17.4 Å². The number of hydrogen-bond acceptors (Lipinski definition) is 7. The molecule has 11 nitrogen and oxygen atoms in total. The van der Waals surface area contributed by atoms with E-state index in [0.717, 1.165) is 51.5 Å². The first-order chi connectivity index (χ1) is 24.0. The Morgan fingerprint density at radius 3 is 2.58 bits per heavy atom. The maximum atomic E-state index is 14.4. The highest BCUT2D eigenvalue weighted by Crippen LogP contribution is 2.47. The second-order valence-electron chi connectivity index (χ2n) is 14.5. The number of nitrogens with zero attached hydrogens (tertiary/aromatic N) is 4. The summed E-state index contributed by atoms with van der Waals surface area (Å²) >= 11 is 0. The lowest BCUT2D eigenvalue weighted by Gasteiger charge is -2.30. The number of unbranched alkanes of at least 4 members (excludes halogenated alkanes) is 1.